The Morgan fingerprint density at radius 1 is 1.16 bits per heavy atom. The Hall–Kier alpha value is -2.89. The van der Waals surface area contributed by atoms with Crippen molar-refractivity contribution in [3.8, 4) is 5.75 Å². The number of rotatable bonds is 5. The molecular formula is C19H23N3O3. The van der Waals surface area contributed by atoms with Crippen molar-refractivity contribution in [2.24, 2.45) is 10.9 Å². The van der Waals surface area contributed by atoms with Gasteiger partial charge in [0.1, 0.15) is 11.4 Å². The van der Waals surface area contributed by atoms with Crippen LogP contribution in [0, 0.1) is 0 Å². The molecular weight excluding hydrogens is 318 g/mol. The van der Waals surface area contributed by atoms with Crippen LogP contribution in [0.4, 0.5) is 0 Å². The minimum atomic E-state index is -0.819. The Bertz CT molecular complexity index is 735. The maximum atomic E-state index is 12.0. The van der Waals surface area contributed by atoms with Crippen molar-refractivity contribution in [3.63, 3.8) is 0 Å². The smallest absolute Gasteiger partial charge is 0.374 e. The van der Waals surface area contributed by atoms with Gasteiger partial charge in [-0.1, -0.05) is 44.1 Å². The summed E-state index contributed by atoms with van der Waals surface area (Å²) in [5.41, 5.74) is 7.39. The molecule has 132 valence electrons. The fourth-order valence-electron chi connectivity index (χ4n) is 2.02. The van der Waals surface area contributed by atoms with Gasteiger partial charge >= 0.3 is 5.97 Å². The molecule has 0 radical (unpaired) electrons. The summed E-state index contributed by atoms with van der Waals surface area (Å²) in [4.78, 5) is 20.8. The summed E-state index contributed by atoms with van der Waals surface area (Å²) in [5.74, 6) is -0.0337. The van der Waals surface area contributed by atoms with Gasteiger partial charge in [-0.2, -0.15) is 0 Å². The molecule has 6 nitrogen and oxygen atoms in total. The Morgan fingerprint density at radius 2 is 1.84 bits per heavy atom. The summed E-state index contributed by atoms with van der Waals surface area (Å²) in [7, 11) is 0. The third-order valence-corrected chi connectivity index (χ3v) is 3.53. The van der Waals surface area contributed by atoms with Crippen LogP contribution in [0.1, 0.15) is 39.0 Å². The van der Waals surface area contributed by atoms with Crippen molar-refractivity contribution in [1.29, 1.82) is 0 Å². The van der Waals surface area contributed by atoms with Gasteiger partial charge in [-0.05, 0) is 42.2 Å². The molecule has 0 aliphatic rings. The maximum absolute atomic E-state index is 12.0. The molecule has 0 aliphatic carbocycles. The second kappa shape index (κ2) is 7.79. The Morgan fingerprint density at radius 3 is 2.40 bits per heavy atom. The summed E-state index contributed by atoms with van der Waals surface area (Å²) in [5, 5.41) is 3.61. The number of carbonyl (C=O) groups is 1. The number of oxime groups is 1. The highest BCUT2D eigenvalue weighted by Crippen LogP contribution is 2.24. The van der Waals surface area contributed by atoms with E-state index in [2.05, 4.69) is 30.9 Å². The number of hydrogen-bond donors (Lipinski definition) is 1. The molecule has 1 heterocycles. The molecule has 1 atom stereocenters. The van der Waals surface area contributed by atoms with E-state index in [-0.39, 0.29) is 11.3 Å². The van der Waals surface area contributed by atoms with Crippen LogP contribution in [0.15, 0.2) is 53.8 Å². The molecule has 6 heteroatoms. The molecule has 25 heavy (non-hydrogen) atoms. The number of aromatic nitrogens is 1. The van der Waals surface area contributed by atoms with Crippen molar-refractivity contribution >= 4 is 11.8 Å². The van der Waals surface area contributed by atoms with Gasteiger partial charge in [0.25, 0.3) is 0 Å². The number of ether oxygens (including phenoxy) is 1. The Balaban J connectivity index is 1.94. The fraction of sp³-hybridized carbons (Fsp3) is 0.316. The quantitative estimate of drug-likeness (QED) is 0.391. The average molecular weight is 341 g/mol. The average Bonchev–Trinajstić information content (AvgIpc) is 2.59. The molecule has 0 amide bonds. The van der Waals surface area contributed by atoms with E-state index in [9.17, 15) is 4.79 Å². The van der Waals surface area contributed by atoms with Crippen LogP contribution in [0.25, 0.3) is 0 Å². The van der Waals surface area contributed by atoms with E-state index in [1.807, 2.05) is 24.3 Å². The number of amidine groups is 1. The first kappa shape index (κ1) is 18.4. The summed E-state index contributed by atoms with van der Waals surface area (Å²) in [6, 6.07) is 12.8. The number of benzene rings is 1. The molecule has 0 aliphatic heterocycles. The molecule has 0 bridgehead atoms. The zero-order valence-electron chi connectivity index (χ0n) is 14.9. The zero-order chi connectivity index (χ0) is 18.4. The highest BCUT2D eigenvalue weighted by molar-refractivity contribution is 5.95. The summed E-state index contributed by atoms with van der Waals surface area (Å²) >= 11 is 0. The van der Waals surface area contributed by atoms with Crippen molar-refractivity contribution in [2.45, 2.75) is 39.2 Å². The van der Waals surface area contributed by atoms with E-state index < -0.39 is 12.1 Å². The van der Waals surface area contributed by atoms with E-state index in [0.29, 0.717) is 11.4 Å². The molecule has 2 rings (SSSR count). The van der Waals surface area contributed by atoms with Crippen molar-refractivity contribution in [3.05, 3.63) is 59.9 Å². The second-order valence-electron chi connectivity index (χ2n) is 6.64. The molecule has 0 spiro atoms. The Kier molecular flexibility index (Phi) is 5.75. The standard InChI is InChI=1S/C19H23N3O3/c1-13(24-15-10-8-14(9-11-15)19(2,3)4)18(23)25-22-17(20)16-7-5-6-12-21-16/h5-13H,1-4H3,(H2,20,22)/t13-/m1/s1. The van der Waals surface area contributed by atoms with Gasteiger partial charge in [0.2, 0.25) is 0 Å². The van der Waals surface area contributed by atoms with Gasteiger partial charge in [-0.25, -0.2) is 4.79 Å². The van der Waals surface area contributed by atoms with Gasteiger partial charge in [-0.15, -0.1) is 0 Å². The van der Waals surface area contributed by atoms with Crippen LogP contribution in [0.5, 0.6) is 5.75 Å². The number of hydrogen-bond acceptors (Lipinski definition) is 5. The molecule has 2 N–H and O–H groups in total. The van der Waals surface area contributed by atoms with Gasteiger partial charge in [0.05, 0.1) is 0 Å². The topological polar surface area (TPSA) is 86.8 Å². The normalized spacial score (nSPS) is 13.2. The van der Waals surface area contributed by atoms with E-state index in [0.717, 1.165) is 0 Å². The first-order chi connectivity index (χ1) is 11.8. The maximum Gasteiger partial charge on any atom is 0.374 e. The van der Waals surface area contributed by atoms with Gasteiger partial charge in [0.15, 0.2) is 11.9 Å². The first-order valence-electron chi connectivity index (χ1n) is 8.00. The van der Waals surface area contributed by atoms with E-state index >= 15 is 0 Å². The van der Waals surface area contributed by atoms with Crippen LogP contribution in [0.2, 0.25) is 0 Å². The lowest BCUT2D eigenvalue weighted by Gasteiger charge is -2.19. The van der Waals surface area contributed by atoms with E-state index in [4.69, 9.17) is 15.3 Å². The van der Waals surface area contributed by atoms with Gasteiger partial charge < -0.3 is 15.3 Å². The van der Waals surface area contributed by atoms with Crippen molar-refractivity contribution in [1.82, 2.24) is 4.98 Å². The first-order valence-corrected chi connectivity index (χ1v) is 8.00. The zero-order valence-corrected chi connectivity index (χ0v) is 14.9. The fourth-order valence-corrected chi connectivity index (χ4v) is 2.02. The molecule has 1 aromatic carbocycles. The number of nitrogens with two attached hydrogens (primary N) is 1. The van der Waals surface area contributed by atoms with Crippen LogP contribution in [-0.4, -0.2) is 22.9 Å². The number of carbonyl (C=O) groups excluding carboxylic acids is 1. The SMILES string of the molecule is C[C@@H](Oc1ccc(C(C)(C)C)cc1)C(=O)O/N=C(/N)c1ccccn1. The predicted octanol–water partition coefficient (Wildman–Crippen LogP) is 3.01. The third-order valence-electron chi connectivity index (χ3n) is 3.53. The van der Waals surface area contributed by atoms with Gasteiger partial charge in [0, 0.05) is 6.20 Å². The monoisotopic (exact) mass is 341 g/mol. The summed E-state index contributed by atoms with van der Waals surface area (Å²) < 4.78 is 5.58. The number of pyridine rings is 1. The highest BCUT2D eigenvalue weighted by Gasteiger charge is 2.18. The predicted molar refractivity (Wildman–Crippen MR) is 96.3 cm³/mol. The molecule has 0 unspecified atom stereocenters. The molecule has 2 aromatic rings. The molecule has 0 fully saturated rings. The molecule has 0 saturated heterocycles. The van der Waals surface area contributed by atoms with Crippen LogP contribution < -0.4 is 10.5 Å². The van der Waals surface area contributed by atoms with Gasteiger partial charge in [-0.3, -0.25) is 4.98 Å². The minimum Gasteiger partial charge on any atom is -0.479 e. The lowest BCUT2D eigenvalue weighted by molar-refractivity contribution is -0.151. The third kappa shape index (κ3) is 5.31. The summed E-state index contributed by atoms with van der Waals surface area (Å²) in [6.45, 7) is 7.99. The molecule has 1 aromatic heterocycles. The van der Waals surface area contributed by atoms with Crippen LogP contribution in [-0.2, 0) is 15.0 Å². The lowest BCUT2D eigenvalue weighted by atomic mass is 9.87. The lowest BCUT2D eigenvalue weighted by Crippen LogP contribution is -2.26. The van der Waals surface area contributed by atoms with Crippen LogP contribution >= 0.6 is 0 Å². The highest BCUT2D eigenvalue weighted by atomic mass is 16.7. The van der Waals surface area contributed by atoms with Crippen LogP contribution in [0.3, 0.4) is 0 Å². The molecule has 0 saturated carbocycles. The Labute approximate surface area is 147 Å². The van der Waals surface area contributed by atoms with Crippen molar-refractivity contribution < 1.29 is 14.4 Å². The minimum absolute atomic E-state index is 0.0238. The van der Waals surface area contributed by atoms with E-state index in [1.54, 1.807) is 31.3 Å². The largest absolute Gasteiger partial charge is 0.479 e. The van der Waals surface area contributed by atoms with E-state index in [1.165, 1.54) is 5.56 Å². The van der Waals surface area contributed by atoms with Crippen molar-refractivity contribution in [2.75, 3.05) is 0 Å². The second-order valence-corrected chi connectivity index (χ2v) is 6.64. The summed E-state index contributed by atoms with van der Waals surface area (Å²) in [6.07, 6.45) is 0.757. The number of nitrogens with zero attached hydrogens (tertiary/aromatic N) is 2.